The number of hydrogen-bond acceptors (Lipinski definition) is 7. The van der Waals surface area contributed by atoms with E-state index in [0.29, 0.717) is 25.9 Å². The lowest BCUT2D eigenvalue weighted by molar-refractivity contribution is -0.190. The Hall–Kier alpha value is -1.44. The maximum Gasteiger partial charge on any atom is 0.309 e. The number of carbonyl (C=O) groups is 2. The standard InChI is InChI=1S/C26H48N2O5/c1-7-8-9-10-11-12-13-14-15-22-20-26(2,21-31-23(29)16-18-27(3)4)33-25(22)32-24(30)17-19-28(5)6/h20,25H,7-19,21H2,1-6H3/t25-,26?/m1/s1. The molecular formula is C26H48N2O5. The van der Waals surface area contributed by atoms with Crippen molar-refractivity contribution >= 4 is 11.9 Å². The largest absolute Gasteiger partial charge is 0.462 e. The van der Waals surface area contributed by atoms with Crippen molar-refractivity contribution < 1.29 is 23.8 Å². The van der Waals surface area contributed by atoms with Crippen molar-refractivity contribution in [2.24, 2.45) is 0 Å². The molecule has 7 heteroatoms. The Bertz CT molecular complexity index is 605. The summed E-state index contributed by atoms with van der Waals surface area (Å²) in [6.07, 6.45) is 12.7. The van der Waals surface area contributed by atoms with E-state index in [-0.39, 0.29) is 18.5 Å². The van der Waals surface area contributed by atoms with E-state index in [2.05, 4.69) is 6.92 Å². The van der Waals surface area contributed by atoms with Crippen molar-refractivity contribution in [3.8, 4) is 0 Å². The molecule has 0 bridgehead atoms. The topological polar surface area (TPSA) is 68.3 Å². The lowest BCUT2D eigenvalue weighted by Crippen LogP contribution is -2.34. The second-order valence-electron chi connectivity index (χ2n) is 9.96. The van der Waals surface area contributed by atoms with Gasteiger partial charge in [0.1, 0.15) is 12.2 Å². The summed E-state index contributed by atoms with van der Waals surface area (Å²) in [7, 11) is 7.69. The summed E-state index contributed by atoms with van der Waals surface area (Å²) in [5.74, 6) is -0.527. The summed E-state index contributed by atoms with van der Waals surface area (Å²) in [4.78, 5) is 28.3. The molecule has 33 heavy (non-hydrogen) atoms. The molecule has 1 aliphatic rings. The van der Waals surface area contributed by atoms with E-state index in [1.807, 2.05) is 51.0 Å². The molecule has 0 N–H and O–H groups in total. The minimum Gasteiger partial charge on any atom is -0.462 e. The lowest BCUT2D eigenvalue weighted by Gasteiger charge is -2.24. The maximum absolute atomic E-state index is 12.3. The van der Waals surface area contributed by atoms with Crippen molar-refractivity contribution in [3.05, 3.63) is 11.6 Å². The van der Waals surface area contributed by atoms with Crippen LogP contribution >= 0.6 is 0 Å². The fraction of sp³-hybridized carbons (Fsp3) is 0.846. The van der Waals surface area contributed by atoms with Crippen LogP contribution < -0.4 is 0 Å². The molecule has 0 radical (unpaired) electrons. The van der Waals surface area contributed by atoms with Crippen LogP contribution in [0.25, 0.3) is 0 Å². The van der Waals surface area contributed by atoms with Crippen molar-refractivity contribution in [2.75, 3.05) is 47.9 Å². The molecule has 0 fully saturated rings. The first-order valence-corrected chi connectivity index (χ1v) is 12.7. The molecule has 1 heterocycles. The molecule has 0 aromatic rings. The second kappa shape index (κ2) is 16.2. The van der Waals surface area contributed by atoms with Gasteiger partial charge in [-0.25, -0.2) is 0 Å². The predicted molar refractivity (Wildman–Crippen MR) is 132 cm³/mol. The van der Waals surface area contributed by atoms with Gasteiger partial charge < -0.3 is 24.0 Å². The first kappa shape index (κ1) is 29.6. The molecule has 1 unspecified atom stereocenters. The normalized spacial score (nSPS) is 20.4. The van der Waals surface area contributed by atoms with Crippen LogP contribution in [0.5, 0.6) is 0 Å². The van der Waals surface area contributed by atoms with E-state index in [9.17, 15) is 9.59 Å². The zero-order valence-corrected chi connectivity index (χ0v) is 22.0. The average Bonchev–Trinajstić information content (AvgIpc) is 3.06. The summed E-state index contributed by atoms with van der Waals surface area (Å²) in [6, 6.07) is 0. The number of ether oxygens (including phenoxy) is 3. The predicted octanol–water partition coefficient (Wildman–Crippen LogP) is 4.55. The molecule has 0 amide bonds. The van der Waals surface area contributed by atoms with Gasteiger partial charge in [-0.05, 0) is 59.6 Å². The first-order chi connectivity index (χ1) is 15.6. The molecule has 1 aliphatic heterocycles. The Balaban J connectivity index is 2.59. The van der Waals surface area contributed by atoms with Gasteiger partial charge in [-0.15, -0.1) is 0 Å². The first-order valence-electron chi connectivity index (χ1n) is 12.7. The Kier molecular flexibility index (Phi) is 14.6. The van der Waals surface area contributed by atoms with Crippen LogP contribution in [0, 0.1) is 0 Å². The van der Waals surface area contributed by atoms with Crippen molar-refractivity contribution in [1.82, 2.24) is 9.80 Å². The second-order valence-corrected chi connectivity index (χ2v) is 9.96. The number of hydrogen-bond donors (Lipinski definition) is 0. The van der Waals surface area contributed by atoms with Crippen LogP contribution in [0.3, 0.4) is 0 Å². The van der Waals surface area contributed by atoms with Gasteiger partial charge in [0.2, 0.25) is 6.29 Å². The Morgan fingerprint density at radius 2 is 1.45 bits per heavy atom. The van der Waals surface area contributed by atoms with Gasteiger partial charge in [-0.3, -0.25) is 9.59 Å². The van der Waals surface area contributed by atoms with E-state index in [1.54, 1.807) is 0 Å². The zero-order valence-electron chi connectivity index (χ0n) is 22.0. The SMILES string of the molecule is CCCCCCCCCCC1=CC(C)(COC(=O)CCN(C)C)O[C@H]1OC(=O)CCN(C)C. The highest BCUT2D eigenvalue weighted by molar-refractivity contribution is 5.70. The molecule has 0 aromatic carbocycles. The van der Waals surface area contributed by atoms with Gasteiger partial charge in [0, 0.05) is 13.1 Å². The summed E-state index contributed by atoms with van der Waals surface area (Å²) in [6.45, 7) is 5.50. The molecule has 1 rings (SSSR count). The van der Waals surface area contributed by atoms with Crippen LogP contribution in [-0.2, 0) is 23.8 Å². The number of unbranched alkanes of at least 4 members (excludes halogenated alkanes) is 7. The van der Waals surface area contributed by atoms with Gasteiger partial charge in [-0.2, -0.15) is 0 Å². The third-order valence-electron chi connectivity index (χ3n) is 5.77. The zero-order chi connectivity index (χ0) is 24.7. The van der Waals surface area contributed by atoms with E-state index < -0.39 is 11.9 Å². The van der Waals surface area contributed by atoms with Gasteiger partial charge >= 0.3 is 11.9 Å². The molecular weight excluding hydrogens is 420 g/mol. The minimum atomic E-state index is -0.782. The minimum absolute atomic E-state index is 0.117. The van der Waals surface area contributed by atoms with Crippen LogP contribution in [0.4, 0.5) is 0 Å². The monoisotopic (exact) mass is 468 g/mol. The number of esters is 2. The van der Waals surface area contributed by atoms with Crippen LogP contribution in [-0.4, -0.2) is 81.5 Å². The molecule has 0 saturated carbocycles. The third-order valence-corrected chi connectivity index (χ3v) is 5.77. The van der Waals surface area contributed by atoms with Gasteiger partial charge in [0.05, 0.1) is 12.8 Å². The highest BCUT2D eigenvalue weighted by atomic mass is 16.7. The highest BCUT2D eigenvalue weighted by Gasteiger charge is 2.39. The summed E-state index contributed by atoms with van der Waals surface area (Å²) in [5.41, 5.74) is 0.196. The highest BCUT2D eigenvalue weighted by Crippen LogP contribution is 2.33. The van der Waals surface area contributed by atoms with Gasteiger partial charge in [0.15, 0.2) is 0 Å². The van der Waals surface area contributed by atoms with E-state index in [1.165, 1.54) is 38.5 Å². The van der Waals surface area contributed by atoms with Crippen molar-refractivity contribution in [2.45, 2.75) is 96.4 Å². The van der Waals surface area contributed by atoms with Gasteiger partial charge in [0.25, 0.3) is 0 Å². The van der Waals surface area contributed by atoms with Crippen molar-refractivity contribution in [1.29, 1.82) is 0 Å². The molecule has 0 spiro atoms. The van der Waals surface area contributed by atoms with E-state index >= 15 is 0 Å². The van der Waals surface area contributed by atoms with Crippen molar-refractivity contribution in [3.63, 3.8) is 0 Å². The lowest BCUT2D eigenvalue weighted by atomic mass is 10.0. The van der Waals surface area contributed by atoms with Gasteiger partial charge in [-0.1, -0.05) is 51.9 Å². The molecule has 192 valence electrons. The number of carbonyl (C=O) groups excluding carboxylic acids is 2. The summed E-state index contributed by atoms with van der Waals surface area (Å²) >= 11 is 0. The molecule has 0 aromatic heterocycles. The number of nitrogens with zero attached hydrogens (tertiary/aromatic N) is 2. The van der Waals surface area contributed by atoms with E-state index in [0.717, 1.165) is 24.8 Å². The average molecular weight is 469 g/mol. The quantitative estimate of drug-likeness (QED) is 0.166. The molecule has 0 saturated heterocycles. The Morgan fingerprint density at radius 3 is 2.03 bits per heavy atom. The Morgan fingerprint density at radius 1 is 0.909 bits per heavy atom. The molecule has 2 atom stereocenters. The van der Waals surface area contributed by atoms with E-state index in [4.69, 9.17) is 14.2 Å². The summed E-state index contributed by atoms with van der Waals surface area (Å²) in [5, 5.41) is 0. The van der Waals surface area contributed by atoms with Crippen LogP contribution in [0.15, 0.2) is 11.6 Å². The third kappa shape index (κ3) is 13.8. The maximum atomic E-state index is 12.3. The molecule has 7 nitrogen and oxygen atoms in total. The number of rotatable bonds is 18. The smallest absolute Gasteiger partial charge is 0.309 e. The van der Waals surface area contributed by atoms with Crippen LogP contribution in [0.1, 0.15) is 84.5 Å². The van der Waals surface area contributed by atoms with Crippen LogP contribution in [0.2, 0.25) is 0 Å². The Labute approximate surface area is 201 Å². The summed E-state index contributed by atoms with van der Waals surface area (Å²) < 4.78 is 17.2. The molecule has 0 aliphatic carbocycles. The fourth-order valence-corrected chi connectivity index (χ4v) is 3.75. The fourth-order valence-electron chi connectivity index (χ4n) is 3.75.